The molecule has 0 saturated heterocycles. The Kier molecular flexibility index (Phi) is 4.93. The van der Waals surface area contributed by atoms with Crippen LogP contribution in [0.4, 0.5) is 0 Å². The van der Waals surface area contributed by atoms with Crippen molar-refractivity contribution in [2.24, 2.45) is 11.8 Å². The summed E-state index contributed by atoms with van der Waals surface area (Å²) in [6.45, 7) is 0.0526. The monoisotopic (exact) mass is 243 g/mol. The van der Waals surface area contributed by atoms with Crippen LogP contribution in [-0.4, -0.2) is 34.6 Å². The number of carboxylic acids is 2. The molecule has 1 fully saturated rings. The van der Waals surface area contributed by atoms with Crippen LogP contribution in [0, 0.1) is 11.8 Å². The van der Waals surface area contributed by atoms with Crippen molar-refractivity contribution in [3.05, 3.63) is 0 Å². The summed E-state index contributed by atoms with van der Waals surface area (Å²) < 4.78 is 0. The Morgan fingerprint density at radius 3 is 2.18 bits per heavy atom. The zero-order chi connectivity index (χ0) is 12.8. The minimum Gasteiger partial charge on any atom is -0.481 e. The van der Waals surface area contributed by atoms with Crippen LogP contribution in [0.25, 0.3) is 0 Å². The normalized spacial score (nSPS) is 24.0. The average Bonchev–Trinajstić information content (AvgIpc) is 2.28. The number of carbonyl (C=O) groups excluding carboxylic acids is 1. The maximum atomic E-state index is 11.7. The van der Waals surface area contributed by atoms with Gasteiger partial charge in [0.15, 0.2) is 0 Å². The van der Waals surface area contributed by atoms with Gasteiger partial charge < -0.3 is 15.5 Å². The van der Waals surface area contributed by atoms with Gasteiger partial charge in [-0.3, -0.25) is 14.4 Å². The Labute approximate surface area is 99.0 Å². The van der Waals surface area contributed by atoms with E-state index < -0.39 is 23.8 Å². The fourth-order valence-corrected chi connectivity index (χ4v) is 2.16. The minimum atomic E-state index is -0.983. The zero-order valence-electron chi connectivity index (χ0n) is 9.52. The summed E-state index contributed by atoms with van der Waals surface area (Å²) in [5.74, 6) is -3.41. The summed E-state index contributed by atoms with van der Waals surface area (Å²) in [6, 6.07) is 0. The molecule has 0 radical (unpaired) electrons. The van der Waals surface area contributed by atoms with Gasteiger partial charge in [0.25, 0.3) is 0 Å². The molecule has 1 aliphatic rings. The van der Waals surface area contributed by atoms with Crippen LogP contribution in [0.2, 0.25) is 0 Å². The number of carbonyl (C=O) groups is 3. The number of aliphatic carboxylic acids is 2. The summed E-state index contributed by atoms with van der Waals surface area (Å²) in [5.41, 5.74) is 0. The molecule has 1 aliphatic carbocycles. The van der Waals surface area contributed by atoms with Crippen molar-refractivity contribution >= 4 is 17.8 Å². The Balaban J connectivity index is 2.47. The van der Waals surface area contributed by atoms with Crippen molar-refractivity contribution in [2.75, 3.05) is 6.54 Å². The largest absolute Gasteiger partial charge is 0.481 e. The summed E-state index contributed by atoms with van der Waals surface area (Å²) in [6.07, 6.45) is 2.62. The molecule has 1 saturated carbocycles. The first-order valence-corrected chi connectivity index (χ1v) is 5.74. The number of carboxylic acid groups (broad SMARTS) is 2. The Hall–Kier alpha value is -1.59. The first kappa shape index (κ1) is 13.5. The van der Waals surface area contributed by atoms with E-state index in [1.54, 1.807) is 0 Å². The first-order chi connectivity index (χ1) is 8.02. The van der Waals surface area contributed by atoms with Crippen LogP contribution >= 0.6 is 0 Å². The zero-order valence-corrected chi connectivity index (χ0v) is 9.52. The molecule has 0 bridgehead atoms. The molecule has 0 aromatic carbocycles. The van der Waals surface area contributed by atoms with Crippen molar-refractivity contribution in [3.8, 4) is 0 Å². The van der Waals surface area contributed by atoms with E-state index in [-0.39, 0.29) is 18.9 Å². The number of nitrogens with one attached hydrogen (secondary N) is 1. The lowest BCUT2D eigenvalue weighted by atomic mass is 9.79. The molecule has 1 rings (SSSR count). The molecule has 2 unspecified atom stereocenters. The van der Waals surface area contributed by atoms with Gasteiger partial charge in [0, 0.05) is 6.54 Å². The predicted octanol–water partition coefficient (Wildman–Crippen LogP) is 0.468. The topological polar surface area (TPSA) is 104 Å². The number of hydrogen-bond acceptors (Lipinski definition) is 3. The third-order valence-electron chi connectivity index (χ3n) is 3.06. The third kappa shape index (κ3) is 4.05. The highest BCUT2D eigenvalue weighted by atomic mass is 16.4. The van der Waals surface area contributed by atoms with Crippen LogP contribution in [-0.2, 0) is 14.4 Å². The van der Waals surface area contributed by atoms with Gasteiger partial charge in [0.2, 0.25) is 5.91 Å². The van der Waals surface area contributed by atoms with Crippen LogP contribution in [0.15, 0.2) is 0 Å². The smallest absolute Gasteiger partial charge is 0.307 e. The lowest BCUT2D eigenvalue weighted by molar-refractivity contribution is -0.149. The van der Waals surface area contributed by atoms with Gasteiger partial charge in [-0.2, -0.15) is 0 Å². The van der Waals surface area contributed by atoms with Crippen molar-refractivity contribution in [1.82, 2.24) is 5.32 Å². The third-order valence-corrected chi connectivity index (χ3v) is 3.06. The van der Waals surface area contributed by atoms with Gasteiger partial charge in [0.1, 0.15) is 0 Å². The van der Waals surface area contributed by atoms with Crippen molar-refractivity contribution in [2.45, 2.75) is 32.1 Å². The van der Waals surface area contributed by atoms with Crippen LogP contribution in [0.5, 0.6) is 0 Å². The van der Waals surface area contributed by atoms with Crippen LogP contribution in [0.3, 0.4) is 0 Å². The fourth-order valence-electron chi connectivity index (χ4n) is 2.16. The second-order valence-corrected chi connectivity index (χ2v) is 4.27. The van der Waals surface area contributed by atoms with E-state index in [9.17, 15) is 14.4 Å². The summed E-state index contributed by atoms with van der Waals surface area (Å²) in [7, 11) is 0. The highest BCUT2D eigenvalue weighted by Gasteiger charge is 2.35. The van der Waals surface area contributed by atoms with E-state index in [1.807, 2.05) is 0 Å². The molecule has 6 heteroatoms. The molecule has 6 nitrogen and oxygen atoms in total. The van der Waals surface area contributed by atoms with Crippen molar-refractivity contribution in [1.29, 1.82) is 0 Å². The Bertz CT molecular complexity index is 315. The summed E-state index contributed by atoms with van der Waals surface area (Å²) >= 11 is 0. The summed E-state index contributed by atoms with van der Waals surface area (Å²) in [5, 5.41) is 19.9. The first-order valence-electron chi connectivity index (χ1n) is 5.74. The maximum absolute atomic E-state index is 11.7. The second kappa shape index (κ2) is 6.22. The summed E-state index contributed by atoms with van der Waals surface area (Å²) in [4.78, 5) is 33.0. The molecule has 0 aliphatic heterocycles. The highest BCUT2D eigenvalue weighted by molar-refractivity contribution is 5.85. The number of amides is 1. The fraction of sp³-hybridized carbons (Fsp3) is 0.727. The van der Waals surface area contributed by atoms with Gasteiger partial charge in [-0.05, 0) is 12.8 Å². The Morgan fingerprint density at radius 2 is 1.65 bits per heavy atom. The molecule has 0 spiro atoms. The molecule has 0 aromatic heterocycles. The van der Waals surface area contributed by atoms with E-state index in [0.717, 1.165) is 12.8 Å². The van der Waals surface area contributed by atoms with Crippen molar-refractivity contribution in [3.63, 3.8) is 0 Å². The minimum absolute atomic E-state index is 0.0526. The molecule has 3 N–H and O–H groups in total. The van der Waals surface area contributed by atoms with Gasteiger partial charge in [-0.25, -0.2) is 0 Å². The van der Waals surface area contributed by atoms with Gasteiger partial charge in [-0.15, -0.1) is 0 Å². The Morgan fingerprint density at radius 1 is 1.06 bits per heavy atom. The van der Waals surface area contributed by atoms with Crippen LogP contribution in [0.1, 0.15) is 32.1 Å². The molecule has 2 atom stereocenters. The maximum Gasteiger partial charge on any atom is 0.307 e. The molecular formula is C11H17NO5. The highest BCUT2D eigenvalue weighted by Crippen LogP contribution is 2.30. The van der Waals surface area contributed by atoms with E-state index in [2.05, 4.69) is 5.32 Å². The van der Waals surface area contributed by atoms with E-state index >= 15 is 0 Å². The van der Waals surface area contributed by atoms with Gasteiger partial charge in [0.05, 0.1) is 18.3 Å². The van der Waals surface area contributed by atoms with E-state index in [4.69, 9.17) is 10.2 Å². The standard InChI is InChI=1S/C11H17NO5/c13-9(14)5-6-12-10(15)7-3-1-2-4-8(7)11(16)17/h7-8H,1-6H2,(H,12,15)(H,13,14)(H,16,17). The SMILES string of the molecule is O=C(O)CCNC(=O)C1CCCCC1C(=O)O. The molecule has 0 aromatic rings. The van der Waals surface area contributed by atoms with Gasteiger partial charge >= 0.3 is 11.9 Å². The predicted molar refractivity (Wildman–Crippen MR) is 58.3 cm³/mol. The van der Waals surface area contributed by atoms with Gasteiger partial charge in [-0.1, -0.05) is 12.8 Å². The van der Waals surface area contributed by atoms with E-state index in [1.165, 1.54) is 0 Å². The lowest BCUT2D eigenvalue weighted by Crippen LogP contribution is -2.40. The molecule has 17 heavy (non-hydrogen) atoms. The van der Waals surface area contributed by atoms with Crippen molar-refractivity contribution < 1.29 is 24.6 Å². The van der Waals surface area contributed by atoms with E-state index in [0.29, 0.717) is 12.8 Å². The average molecular weight is 243 g/mol. The molecule has 96 valence electrons. The molecule has 1 amide bonds. The quantitative estimate of drug-likeness (QED) is 0.651. The number of rotatable bonds is 5. The molecular weight excluding hydrogens is 226 g/mol. The lowest BCUT2D eigenvalue weighted by Gasteiger charge is -2.27. The van der Waals surface area contributed by atoms with Crippen LogP contribution < -0.4 is 5.32 Å². The molecule has 0 heterocycles. The number of hydrogen-bond donors (Lipinski definition) is 3. The second-order valence-electron chi connectivity index (χ2n) is 4.27.